The quantitative estimate of drug-likeness (QED) is 0.776. The number of nitrogens with zero attached hydrogens (tertiary/aromatic N) is 1. The van der Waals surface area contributed by atoms with Crippen molar-refractivity contribution in [1.82, 2.24) is 4.98 Å². The standard InChI is InChI=1S/C11H17NO2/c1-3-14-11-5-10(6-12-7-11)4-9(2)8-13/h5-7,9,13H,3-4,8H2,1-2H3. The van der Waals surface area contributed by atoms with E-state index in [9.17, 15) is 0 Å². The van der Waals surface area contributed by atoms with E-state index in [4.69, 9.17) is 9.84 Å². The summed E-state index contributed by atoms with van der Waals surface area (Å²) in [6.07, 6.45) is 4.36. The lowest BCUT2D eigenvalue weighted by Crippen LogP contribution is -2.05. The third-order valence-corrected chi connectivity index (χ3v) is 1.98. The van der Waals surface area contributed by atoms with Gasteiger partial charge < -0.3 is 9.84 Å². The van der Waals surface area contributed by atoms with E-state index in [1.165, 1.54) is 0 Å². The lowest BCUT2D eigenvalue weighted by Gasteiger charge is -2.08. The molecule has 3 heteroatoms. The highest BCUT2D eigenvalue weighted by Crippen LogP contribution is 2.14. The van der Waals surface area contributed by atoms with Crippen LogP contribution >= 0.6 is 0 Å². The van der Waals surface area contributed by atoms with Gasteiger partial charge >= 0.3 is 0 Å². The fourth-order valence-corrected chi connectivity index (χ4v) is 1.29. The highest BCUT2D eigenvalue weighted by molar-refractivity contribution is 5.23. The fourth-order valence-electron chi connectivity index (χ4n) is 1.29. The van der Waals surface area contributed by atoms with Crippen molar-refractivity contribution >= 4 is 0 Å². The van der Waals surface area contributed by atoms with Crippen LogP contribution in [0.2, 0.25) is 0 Å². The van der Waals surface area contributed by atoms with Crippen LogP contribution in [0.3, 0.4) is 0 Å². The molecular weight excluding hydrogens is 178 g/mol. The van der Waals surface area contributed by atoms with Crippen molar-refractivity contribution in [2.75, 3.05) is 13.2 Å². The van der Waals surface area contributed by atoms with Crippen LogP contribution in [0.1, 0.15) is 19.4 Å². The van der Waals surface area contributed by atoms with E-state index in [1.54, 1.807) is 6.20 Å². The number of pyridine rings is 1. The van der Waals surface area contributed by atoms with Crippen LogP contribution in [-0.4, -0.2) is 23.3 Å². The van der Waals surface area contributed by atoms with Gasteiger partial charge in [-0.2, -0.15) is 0 Å². The normalized spacial score (nSPS) is 12.5. The SMILES string of the molecule is CCOc1cncc(CC(C)CO)c1. The van der Waals surface area contributed by atoms with Gasteiger partial charge in [0.25, 0.3) is 0 Å². The Kier molecular flexibility index (Phi) is 4.40. The molecule has 1 heterocycles. The largest absolute Gasteiger partial charge is 0.492 e. The molecule has 0 amide bonds. The maximum atomic E-state index is 8.92. The molecule has 0 spiro atoms. The van der Waals surface area contributed by atoms with E-state index in [0.717, 1.165) is 17.7 Å². The topological polar surface area (TPSA) is 42.4 Å². The van der Waals surface area contributed by atoms with Gasteiger partial charge in [0.05, 0.1) is 12.8 Å². The molecule has 1 rings (SSSR count). The van der Waals surface area contributed by atoms with Crippen LogP contribution in [0.5, 0.6) is 5.75 Å². The monoisotopic (exact) mass is 195 g/mol. The number of aliphatic hydroxyl groups is 1. The maximum absolute atomic E-state index is 8.92. The molecule has 1 N–H and O–H groups in total. The van der Waals surface area contributed by atoms with Gasteiger partial charge in [0, 0.05) is 12.8 Å². The molecule has 0 aliphatic carbocycles. The molecule has 1 aromatic heterocycles. The molecule has 0 aliphatic rings. The highest BCUT2D eigenvalue weighted by atomic mass is 16.5. The number of hydrogen-bond donors (Lipinski definition) is 1. The molecule has 1 aromatic rings. The smallest absolute Gasteiger partial charge is 0.137 e. The van der Waals surface area contributed by atoms with E-state index in [0.29, 0.717) is 6.61 Å². The third kappa shape index (κ3) is 3.34. The van der Waals surface area contributed by atoms with Crippen LogP contribution < -0.4 is 4.74 Å². The van der Waals surface area contributed by atoms with Crippen LogP contribution in [0, 0.1) is 5.92 Å². The fraction of sp³-hybridized carbons (Fsp3) is 0.545. The molecule has 0 saturated heterocycles. The highest BCUT2D eigenvalue weighted by Gasteiger charge is 2.03. The van der Waals surface area contributed by atoms with Gasteiger partial charge in [-0.3, -0.25) is 4.98 Å². The Labute approximate surface area is 84.7 Å². The van der Waals surface area contributed by atoms with Crippen molar-refractivity contribution in [3.63, 3.8) is 0 Å². The minimum Gasteiger partial charge on any atom is -0.492 e. The summed E-state index contributed by atoms with van der Waals surface area (Å²) in [4.78, 5) is 4.08. The van der Waals surface area contributed by atoms with Crippen molar-refractivity contribution in [2.24, 2.45) is 5.92 Å². The Hall–Kier alpha value is -1.09. The van der Waals surface area contributed by atoms with Gasteiger partial charge in [-0.1, -0.05) is 6.92 Å². The molecule has 1 atom stereocenters. The second-order valence-corrected chi connectivity index (χ2v) is 3.45. The van der Waals surface area contributed by atoms with E-state index in [1.807, 2.05) is 26.1 Å². The summed E-state index contributed by atoms with van der Waals surface area (Å²) in [7, 11) is 0. The van der Waals surface area contributed by atoms with Crippen molar-refractivity contribution < 1.29 is 9.84 Å². The molecule has 14 heavy (non-hydrogen) atoms. The van der Waals surface area contributed by atoms with Crippen LogP contribution in [0.25, 0.3) is 0 Å². The summed E-state index contributed by atoms with van der Waals surface area (Å²) in [6.45, 7) is 4.82. The Morgan fingerprint density at radius 1 is 1.50 bits per heavy atom. The summed E-state index contributed by atoms with van der Waals surface area (Å²) >= 11 is 0. The zero-order valence-electron chi connectivity index (χ0n) is 8.73. The first-order valence-electron chi connectivity index (χ1n) is 4.93. The zero-order valence-corrected chi connectivity index (χ0v) is 8.73. The number of aliphatic hydroxyl groups excluding tert-OH is 1. The average Bonchev–Trinajstić information content (AvgIpc) is 2.19. The lowest BCUT2D eigenvalue weighted by atomic mass is 10.0. The van der Waals surface area contributed by atoms with Gasteiger partial charge in [0.15, 0.2) is 0 Å². The first-order valence-corrected chi connectivity index (χ1v) is 4.93. The van der Waals surface area contributed by atoms with Crippen LogP contribution in [0.15, 0.2) is 18.5 Å². The number of ether oxygens (including phenoxy) is 1. The predicted molar refractivity (Wildman–Crippen MR) is 55.4 cm³/mol. The second-order valence-electron chi connectivity index (χ2n) is 3.45. The van der Waals surface area contributed by atoms with Gasteiger partial charge in [-0.05, 0) is 30.9 Å². The predicted octanol–water partition coefficient (Wildman–Crippen LogP) is 1.65. The van der Waals surface area contributed by atoms with E-state index in [2.05, 4.69) is 4.98 Å². The minimum atomic E-state index is 0.207. The summed E-state index contributed by atoms with van der Waals surface area (Å²) in [5.41, 5.74) is 1.11. The van der Waals surface area contributed by atoms with Crippen molar-refractivity contribution in [2.45, 2.75) is 20.3 Å². The molecule has 0 bridgehead atoms. The van der Waals surface area contributed by atoms with E-state index in [-0.39, 0.29) is 12.5 Å². The molecule has 1 unspecified atom stereocenters. The van der Waals surface area contributed by atoms with Gasteiger partial charge in [0.2, 0.25) is 0 Å². The summed E-state index contributed by atoms with van der Waals surface area (Å²) in [5.74, 6) is 1.07. The summed E-state index contributed by atoms with van der Waals surface area (Å²) < 4.78 is 5.34. The van der Waals surface area contributed by atoms with Crippen molar-refractivity contribution in [3.8, 4) is 5.75 Å². The van der Waals surface area contributed by atoms with Gasteiger partial charge in [-0.15, -0.1) is 0 Å². The maximum Gasteiger partial charge on any atom is 0.137 e. The van der Waals surface area contributed by atoms with Crippen molar-refractivity contribution in [1.29, 1.82) is 0 Å². The van der Waals surface area contributed by atoms with E-state index >= 15 is 0 Å². The van der Waals surface area contributed by atoms with Crippen LogP contribution in [0.4, 0.5) is 0 Å². The van der Waals surface area contributed by atoms with Crippen LogP contribution in [-0.2, 0) is 6.42 Å². The minimum absolute atomic E-state index is 0.207. The summed E-state index contributed by atoms with van der Waals surface area (Å²) in [5, 5.41) is 8.92. The molecule has 0 radical (unpaired) electrons. The first kappa shape index (κ1) is 11.0. The second kappa shape index (κ2) is 5.60. The lowest BCUT2D eigenvalue weighted by molar-refractivity contribution is 0.237. The number of hydrogen-bond acceptors (Lipinski definition) is 3. The van der Waals surface area contributed by atoms with Gasteiger partial charge in [-0.25, -0.2) is 0 Å². The molecule has 0 aliphatic heterocycles. The molecule has 0 aromatic carbocycles. The third-order valence-electron chi connectivity index (χ3n) is 1.98. The Bertz CT molecular complexity index is 276. The molecule has 3 nitrogen and oxygen atoms in total. The molecule has 78 valence electrons. The Morgan fingerprint density at radius 3 is 2.93 bits per heavy atom. The van der Waals surface area contributed by atoms with E-state index < -0.39 is 0 Å². The molecular formula is C11H17NO2. The van der Waals surface area contributed by atoms with Gasteiger partial charge in [0.1, 0.15) is 5.75 Å². The Balaban J connectivity index is 2.63. The average molecular weight is 195 g/mol. The molecule has 0 fully saturated rings. The number of rotatable bonds is 5. The van der Waals surface area contributed by atoms with Crippen molar-refractivity contribution in [3.05, 3.63) is 24.0 Å². The Morgan fingerprint density at radius 2 is 2.29 bits per heavy atom. The summed E-state index contributed by atoms with van der Waals surface area (Å²) in [6, 6.07) is 1.97. The zero-order chi connectivity index (χ0) is 10.4. The number of aromatic nitrogens is 1. The first-order chi connectivity index (χ1) is 6.76. The molecule has 0 saturated carbocycles.